The molecule has 0 fully saturated rings. The number of carboxylic acid groups (broad SMARTS) is 1. The van der Waals surface area contributed by atoms with Crippen LogP contribution in [0.1, 0.15) is 20.8 Å². The van der Waals surface area contributed by atoms with Gasteiger partial charge in [0, 0.05) is 0 Å². The third kappa shape index (κ3) is 1.18. The third-order valence-electron chi connectivity index (χ3n) is 1.02. The van der Waals surface area contributed by atoms with Crippen molar-refractivity contribution in [1.29, 1.82) is 0 Å². The normalized spacial score (nSPS) is 9.45. The summed E-state index contributed by atoms with van der Waals surface area (Å²) in [6.45, 7) is 0. The second kappa shape index (κ2) is 2.41. The SMILES string of the molecule is [NH]C(=O)c1nocc1C(=O)O. The molecular weight excluding hydrogens is 152 g/mol. The first-order valence-electron chi connectivity index (χ1n) is 2.56. The Morgan fingerprint density at radius 3 is 2.64 bits per heavy atom. The van der Waals surface area contributed by atoms with Crippen LogP contribution in [0.2, 0.25) is 0 Å². The summed E-state index contributed by atoms with van der Waals surface area (Å²) in [6.07, 6.45) is 0.810. The van der Waals surface area contributed by atoms with Crippen LogP contribution in [0.25, 0.3) is 0 Å². The lowest BCUT2D eigenvalue weighted by atomic mass is 10.2. The quantitative estimate of drug-likeness (QED) is 0.636. The molecule has 1 rings (SSSR count). The van der Waals surface area contributed by atoms with Gasteiger partial charge in [-0.25, -0.2) is 4.79 Å². The van der Waals surface area contributed by atoms with Gasteiger partial charge in [-0.1, -0.05) is 5.16 Å². The van der Waals surface area contributed by atoms with Crippen molar-refractivity contribution in [2.24, 2.45) is 0 Å². The van der Waals surface area contributed by atoms with Gasteiger partial charge < -0.3 is 9.63 Å². The number of carbonyl (C=O) groups excluding carboxylic acids is 1. The molecule has 11 heavy (non-hydrogen) atoms. The van der Waals surface area contributed by atoms with Crippen LogP contribution in [0, 0.1) is 0 Å². The lowest BCUT2D eigenvalue weighted by Crippen LogP contribution is -2.07. The van der Waals surface area contributed by atoms with E-state index in [2.05, 4.69) is 9.68 Å². The van der Waals surface area contributed by atoms with Gasteiger partial charge in [-0.05, 0) is 0 Å². The summed E-state index contributed by atoms with van der Waals surface area (Å²) in [4.78, 5) is 20.6. The molecule has 2 N–H and O–H groups in total. The number of carboxylic acids is 1. The number of rotatable bonds is 2. The molecule has 0 aliphatic carbocycles. The van der Waals surface area contributed by atoms with Gasteiger partial charge in [0.05, 0.1) is 0 Å². The summed E-state index contributed by atoms with van der Waals surface area (Å²) in [5.74, 6) is -2.50. The molecule has 1 radical (unpaired) electrons. The van der Waals surface area contributed by atoms with E-state index in [1.165, 1.54) is 0 Å². The van der Waals surface area contributed by atoms with Crippen molar-refractivity contribution in [3.8, 4) is 0 Å². The van der Waals surface area contributed by atoms with Crippen LogP contribution < -0.4 is 5.73 Å². The molecule has 0 spiro atoms. The Labute approximate surface area is 60.6 Å². The molecule has 1 aromatic heterocycles. The van der Waals surface area contributed by atoms with Gasteiger partial charge in [-0.2, -0.15) is 0 Å². The van der Waals surface area contributed by atoms with E-state index in [0.717, 1.165) is 6.26 Å². The predicted molar refractivity (Wildman–Crippen MR) is 30.9 cm³/mol. The Morgan fingerprint density at radius 2 is 2.27 bits per heavy atom. The number of hydrogen-bond acceptors (Lipinski definition) is 4. The van der Waals surface area contributed by atoms with Crippen molar-refractivity contribution in [2.75, 3.05) is 0 Å². The van der Waals surface area contributed by atoms with Gasteiger partial charge in [0.2, 0.25) is 0 Å². The molecule has 0 aromatic carbocycles. The summed E-state index contributed by atoms with van der Waals surface area (Å²) < 4.78 is 4.20. The van der Waals surface area contributed by atoms with E-state index in [-0.39, 0.29) is 5.56 Å². The Morgan fingerprint density at radius 1 is 1.64 bits per heavy atom. The molecule has 1 heterocycles. The van der Waals surface area contributed by atoms with Crippen LogP contribution in [0.3, 0.4) is 0 Å². The highest BCUT2D eigenvalue weighted by Gasteiger charge is 2.18. The molecule has 6 heteroatoms. The second-order valence-corrected chi connectivity index (χ2v) is 1.71. The van der Waals surface area contributed by atoms with Crippen LogP contribution in [-0.4, -0.2) is 22.1 Å². The number of carbonyl (C=O) groups is 2. The van der Waals surface area contributed by atoms with Gasteiger partial charge >= 0.3 is 5.97 Å². The monoisotopic (exact) mass is 155 g/mol. The standard InChI is InChI=1S/C5H3N2O4/c6-4(8)3-2(5(9)10)1-11-7-3/h1,6H,(H,9,10). The maximum absolute atomic E-state index is 10.3. The zero-order valence-electron chi connectivity index (χ0n) is 5.20. The molecule has 0 atom stereocenters. The number of aromatic carboxylic acids is 1. The van der Waals surface area contributed by atoms with E-state index in [9.17, 15) is 9.59 Å². The number of hydrogen-bond donors (Lipinski definition) is 1. The predicted octanol–water partition coefficient (Wildman–Crippen LogP) is -0.204. The summed E-state index contributed by atoms with van der Waals surface area (Å²) >= 11 is 0. The fraction of sp³-hybridized carbons (Fsp3) is 0. The number of nitrogens with zero attached hydrogens (tertiary/aromatic N) is 1. The Kier molecular flexibility index (Phi) is 1.59. The van der Waals surface area contributed by atoms with Crippen molar-refractivity contribution >= 4 is 11.9 Å². The molecule has 57 valence electrons. The van der Waals surface area contributed by atoms with Gasteiger partial charge in [-0.15, -0.1) is 0 Å². The topological polar surface area (TPSA) is 104 Å². The zero-order chi connectivity index (χ0) is 8.43. The second-order valence-electron chi connectivity index (χ2n) is 1.71. The van der Waals surface area contributed by atoms with Crippen LogP contribution >= 0.6 is 0 Å². The fourth-order valence-electron chi connectivity index (χ4n) is 0.552. The van der Waals surface area contributed by atoms with Crippen LogP contribution in [-0.2, 0) is 0 Å². The molecule has 0 saturated heterocycles. The molecule has 0 aliphatic rings. The molecule has 6 nitrogen and oxygen atoms in total. The minimum Gasteiger partial charge on any atom is -0.477 e. The summed E-state index contributed by atoms with van der Waals surface area (Å²) in [5, 5.41) is 11.4. The lowest BCUT2D eigenvalue weighted by molar-refractivity contribution is 0.0691. The van der Waals surface area contributed by atoms with Crippen LogP contribution in [0.15, 0.2) is 10.8 Å². The van der Waals surface area contributed by atoms with Gasteiger partial charge in [0.1, 0.15) is 11.8 Å². The maximum atomic E-state index is 10.3. The van der Waals surface area contributed by atoms with E-state index in [4.69, 9.17) is 10.8 Å². The summed E-state index contributed by atoms with van der Waals surface area (Å²) in [6, 6.07) is 0. The minimum absolute atomic E-state index is 0.384. The van der Waals surface area contributed by atoms with Crippen molar-refractivity contribution in [1.82, 2.24) is 10.9 Å². The highest BCUT2D eigenvalue weighted by Crippen LogP contribution is 2.05. The highest BCUT2D eigenvalue weighted by molar-refractivity contribution is 6.01. The number of aromatic nitrogens is 1. The fourth-order valence-corrected chi connectivity index (χ4v) is 0.552. The maximum Gasteiger partial charge on any atom is 0.341 e. The highest BCUT2D eigenvalue weighted by atomic mass is 16.5. The van der Waals surface area contributed by atoms with Crippen molar-refractivity contribution in [3.63, 3.8) is 0 Å². The largest absolute Gasteiger partial charge is 0.477 e. The van der Waals surface area contributed by atoms with Crippen molar-refractivity contribution in [3.05, 3.63) is 17.5 Å². The van der Waals surface area contributed by atoms with E-state index >= 15 is 0 Å². The Balaban J connectivity index is 3.16. The molecule has 0 aliphatic heterocycles. The molecule has 0 unspecified atom stereocenters. The zero-order valence-corrected chi connectivity index (χ0v) is 5.20. The van der Waals surface area contributed by atoms with E-state index < -0.39 is 17.6 Å². The smallest absolute Gasteiger partial charge is 0.341 e. The first-order valence-corrected chi connectivity index (χ1v) is 2.56. The molecule has 0 saturated carbocycles. The van der Waals surface area contributed by atoms with Crippen molar-refractivity contribution in [2.45, 2.75) is 0 Å². The van der Waals surface area contributed by atoms with Crippen LogP contribution in [0.4, 0.5) is 0 Å². The number of amides is 1. The van der Waals surface area contributed by atoms with E-state index in [0.29, 0.717) is 0 Å². The lowest BCUT2D eigenvalue weighted by Gasteiger charge is -1.86. The third-order valence-corrected chi connectivity index (χ3v) is 1.02. The molecule has 0 bridgehead atoms. The summed E-state index contributed by atoms with van der Waals surface area (Å²) in [5.41, 5.74) is 5.69. The molecule has 1 amide bonds. The van der Waals surface area contributed by atoms with E-state index in [1.807, 2.05) is 0 Å². The molecule has 1 aromatic rings. The minimum atomic E-state index is -1.33. The average molecular weight is 155 g/mol. The first kappa shape index (κ1) is 7.26. The number of nitrogens with one attached hydrogen (secondary N) is 1. The summed E-state index contributed by atoms with van der Waals surface area (Å²) in [7, 11) is 0. The van der Waals surface area contributed by atoms with Gasteiger partial charge in [-0.3, -0.25) is 10.5 Å². The van der Waals surface area contributed by atoms with Crippen molar-refractivity contribution < 1.29 is 19.2 Å². The Bertz CT molecular complexity index is 275. The van der Waals surface area contributed by atoms with E-state index in [1.54, 1.807) is 0 Å². The van der Waals surface area contributed by atoms with Gasteiger partial charge in [0.25, 0.3) is 5.91 Å². The Hall–Kier alpha value is -1.85. The molecular formula is C5H3N2O4. The average Bonchev–Trinajstić information content (AvgIpc) is 2.32. The van der Waals surface area contributed by atoms with Crippen LogP contribution in [0.5, 0.6) is 0 Å². The first-order chi connectivity index (χ1) is 5.13. The van der Waals surface area contributed by atoms with Gasteiger partial charge in [0.15, 0.2) is 5.69 Å².